The van der Waals surface area contributed by atoms with Gasteiger partial charge in [0, 0.05) is 16.7 Å². The summed E-state index contributed by atoms with van der Waals surface area (Å²) in [5.74, 6) is -0.0861. The van der Waals surface area contributed by atoms with Crippen LogP contribution in [0.1, 0.15) is 44.4 Å². The van der Waals surface area contributed by atoms with E-state index >= 15 is 0 Å². The van der Waals surface area contributed by atoms with Crippen LogP contribution in [0.3, 0.4) is 0 Å². The van der Waals surface area contributed by atoms with E-state index in [4.69, 9.17) is 0 Å². The molecule has 0 spiro atoms. The second-order valence-electron chi connectivity index (χ2n) is 4.19. The average Bonchev–Trinajstić information content (AvgIpc) is 2.82. The van der Waals surface area contributed by atoms with E-state index in [1.54, 1.807) is 0 Å². The third-order valence-corrected chi connectivity index (χ3v) is 4.28. The molecular formula is C13H20O2S. The fraction of sp³-hybridized carbons (Fsp3) is 0.615. The first-order valence-electron chi connectivity index (χ1n) is 5.38. The summed E-state index contributed by atoms with van der Waals surface area (Å²) in [5.41, 5.74) is 0.419. The van der Waals surface area contributed by atoms with Gasteiger partial charge in [0.1, 0.15) is 0 Å². The van der Waals surface area contributed by atoms with Crippen molar-refractivity contribution >= 4 is 17.3 Å². The number of esters is 1. The first kappa shape index (κ1) is 13.2. The van der Waals surface area contributed by atoms with Crippen LogP contribution in [0.5, 0.6) is 0 Å². The molecule has 0 aromatic carbocycles. The lowest BCUT2D eigenvalue weighted by atomic mass is 9.97. The summed E-state index contributed by atoms with van der Waals surface area (Å²) in [4.78, 5) is 12.5. The molecule has 2 rings (SSSR count). The molecule has 3 heteroatoms. The van der Waals surface area contributed by atoms with E-state index in [1.165, 1.54) is 24.8 Å². The largest absolute Gasteiger partial charge is 0.469 e. The first-order valence-corrected chi connectivity index (χ1v) is 6.26. The van der Waals surface area contributed by atoms with Crippen molar-refractivity contribution in [3.05, 3.63) is 22.4 Å². The van der Waals surface area contributed by atoms with Crippen LogP contribution in [-0.4, -0.2) is 13.1 Å². The van der Waals surface area contributed by atoms with Gasteiger partial charge in [0.25, 0.3) is 0 Å². The maximum atomic E-state index is 11.0. The Morgan fingerprint density at radius 2 is 2.31 bits per heavy atom. The molecule has 1 aliphatic carbocycles. The van der Waals surface area contributed by atoms with Gasteiger partial charge in [0.2, 0.25) is 0 Å². The Kier molecular flexibility index (Phi) is 4.54. The molecule has 90 valence electrons. The molecule has 1 fully saturated rings. The second-order valence-corrected chi connectivity index (χ2v) is 5.14. The highest BCUT2D eigenvalue weighted by molar-refractivity contribution is 7.10. The Bertz CT molecular complexity index is 326. The molecule has 1 aliphatic rings. The zero-order valence-electron chi connectivity index (χ0n) is 8.99. The van der Waals surface area contributed by atoms with Crippen LogP contribution in [0.25, 0.3) is 0 Å². The molecule has 1 saturated carbocycles. The van der Waals surface area contributed by atoms with Crippen LogP contribution in [-0.2, 0) is 14.9 Å². The van der Waals surface area contributed by atoms with Crippen molar-refractivity contribution in [1.29, 1.82) is 0 Å². The first-order chi connectivity index (χ1) is 7.27. The van der Waals surface area contributed by atoms with Crippen molar-refractivity contribution in [3.63, 3.8) is 0 Å². The molecule has 1 heterocycles. The molecule has 0 bridgehead atoms. The Balaban J connectivity index is 0.00000128. The van der Waals surface area contributed by atoms with E-state index in [1.807, 2.05) is 11.3 Å². The van der Waals surface area contributed by atoms with Crippen LogP contribution < -0.4 is 0 Å². The van der Waals surface area contributed by atoms with Gasteiger partial charge in [0.15, 0.2) is 0 Å². The maximum absolute atomic E-state index is 11.0. The minimum Gasteiger partial charge on any atom is -0.469 e. The molecule has 0 atom stereocenters. The Labute approximate surface area is 102 Å². The van der Waals surface area contributed by atoms with Gasteiger partial charge in [0.05, 0.1) is 7.11 Å². The number of carbonyl (C=O) groups excluding carboxylic acids is 1. The summed E-state index contributed by atoms with van der Waals surface area (Å²) in [7, 11) is 1.45. The van der Waals surface area contributed by atoms with Gasteiger partial charge < -0.3 is 4.74 Å². The SMILES string of the molecule is C.COC(=O)CCCC1(c2cccs2)CC1. The summed E-state index contributed by atoms with van der Waals surface area (Å²) in [6.07, 6.45) is 5.21. The highest BCUT2D eigenvalue weighted by Gasteiger charge is 2.44. The van der Waals surface area contributed by atoms with Gasteiger partial charge in [-0.25, -0.2) is 0 Å². The van der Waals surface area contributed by atoms with E-state index in [0.717, 1.165) is 12.8 Å². The minimum absolute atomic E-state index is 0. The summed E-state index contributed by atoms with van der Waals surface area (Å²) < 4.78 is 4.64. The van der Waals surface area contributed by atoms with Gasteiger partial charge in [-0.05, 0) is 37.1 Å². The van der Waals surface area contributed by atoms with Gasteiger partial charge >= 0.3 is 5.97 Å². The van der Waals surface area contributed by atoms with Gasteiger partial charge in [-0.3, -0.25) is 4.79 Å². The van der Waals surface area contributed by atoms with Gasteiger partial charge in [-0.1, -0.05) is 13.5 Å². The number of hydrogen-bond acceptors (Lipinski definition) is 3. The predicted octanol–water partition coefficient (Wildman–Crippen LogP) is 3.76. The number of thiophene rings is 1. The van der Waals surface area contributed by atoms with Crippen LogP contribution in [0, 0.1) is 0 Å². The Morgan fingerprint density at radius 3 is 2.81 bits per heavy atom. The van der Waals surface area contributed by atoms with Crippen molar-refractivity contribution in [2.24, 2.45) is 0 Å². The number of ether oxygens (including phenoxy) is 1. The molecule has 0 N–H and O–H groups in total. The molecular weight excluding hydrogens is 220 g/mol. The molecule has 1 aromatic rings. The average molecular weight is 240 g/mol. The molecule has 0 radical (unpaired) electrons. The lowest BCUT2D eigenvalue weighted by Crippen LogP contribution is -2.06. The van der Waals surface area contributed by atoms with Crippen molar-refractivity contribution in [2.45, 2.75) is 44.9 Å². The summed E-state index contributed by atoms with van der Waals surface area (Å²) >= 11 is 1.84. The highest BCUT2D eigenvalue weighted by Crippen LogP contribution is 2.53. The number of methoxy groups -OCH3 is 1. The monoisotopic (exact) mass is 240 g/mol. The van der Waals surface area contributed by atoms with Crippen LogP contribution in [0.2, 0.25) is 0 Å². The lowest BCUT2D eigenvalue weighted by Gasteiger charge is -2.12. The van der Waals surface area contributed by atoms with Crippen molar-refractivity contribution in [3.8, 4) is 0 Å². The smallest absolute Gasteiger partial charge is 0.305 e. The topological polar surface area (TPSA) is 26.3 Å². The molecule has 0 amide bonds. The van der Waals surface area contributed by atoms with E-state index in [-0.39, 0.29) is 13.4 Å². The standard InChI is InChI=1S/C12H16O2S.CH4/c1-14-11(13)5-2-6-12(7-8-12)10-4-3-9-15-10;/h3-4,9H,2,5-8H2,1H3;1H4. The molecule has 0 unspecified atom stereocenters. The van der Waals surface area contributed by atoms with E-state index < -0.39 is 0 Å². The van der Waals surface area contributed by atoms with E-state index in [2.05, 4.69) is 22.2 Å². The maximum Gasteiger partial charge on any atom is 0.305 e. The zero-order chi connectivity index (χ0) is 10.7. The van der Waals surface area contributed by atoms with Crippen molar-refractivity contribution in [2.75, 3.05) is 7.11 Å². The van der Waals surface area contributed by atoms with E-state index in [9.17, 15) is 4.79 Å². The number of carbonyl (C=O) groups is 1. The normalized spacial score (nSPS) is 16.3. The zero-order valence-corrected chi connectivity index (χ0v) is 9.81. The minimum atomic E-state index is -0.0861. The molecule has 16 heavy (non-hydrogen) atoms. The second kappa shape index (κ2) is 5.48. The summed E-state index contributed by atoms with van der Waals surface area (Å²) in [5, 5.41) is 2.13. The molecule has 0 aliphatic heterocycles. The van der Waals surface area contributed by atoms with Gasteiger partial charge in [-0.15, -0.1) is 11.3 Å². The number of rotatable bonds is 5. The van der Waals surface area contributed by atoms with Crippen molar-refractivity contribution < 1.29 is 9.53 Å². The van der Waals surface area contributed by atoms with Crippen LogP contribution >= 0.6 is 11.3 Å². The Morgan fingerprint density at radius 1 is 1.56 bits per heavy atom. The third-order valence-electron chi connectivity index (χ3n) is 3.16. The summed E-state index contributed by atoms with van der Waals surface area (Å²) in [6, 6.07) is 4.33. The predicted molar refractivity (Wildman–Crippen MR) is 67.8 cm³/mol. The Hall–Kier alpha value is -0.830. The van der Waals surface area contributed by atoms with Crippen LogP contribution in [0.4, 0.5) is 0 Å². The highest BCUT2D eigenvalue weighted by atomic mass is 32.1. The van der Waals surface area contributed by atoms with Gasteiger partial charge in [-0.2, -0.15) is 0 Å². The van der Waals surface area contributed by atoms with E-state index in [0.29, 0.717) is 11.8 Å². The number of hydrogen-bond donors (Lipinski definition) is 0. The summed E-state index contributed by atoms with van der Waals surface area (Å²) in [6.45, 7) is 0. The molecule has 1 aromatic heterocycles. The third kappa shape index (κ3) is 2.85. The van der Waals surface area contributed by atoms with Crippen LogP contribution in [0.15, 0.2) is 17.5 Å². The fourth-order valence-electron chi connectivity index (χ4n) is 2.02. The fourth-order valence-corrected chi connectivity index (χ4v) is 3.04. The lowest BCUT2D eigenvalue weighted by molar-refractivity contribution is -0.140. The molecule has 2 nitrogen and oxygen atoms in total. The quantitative estimate of drug-likeness (QED) is 0.732. The van der Waals surface area contributed by atoms with Crippen molar-refractivity contribution in [1.82, 2.24) is 0 Å². The molecule has 0 saturated heterocycles.